The lowest BCUT2D eigenvalue weighted by Gasteiger charge is -1.77. The fourth-order valence-corrected chi connectivity index (χ4v) is 0.189. The van der Waals surface area contributed by atoms with Crippen molar-refractivity contribution in [3.8, 4) is 0 Å². The van der Waals surface area contributed by atoms with Gasteiger partial charge in [-0.1, -0.05) is 11.6 Å². The maximum atomic E-state index is 11.6. The molecular formula is C3H4ClF. The van der Waals surface area contributed by atoms with Crippen LogP contribution in [-0.2, 0) is 0 Å². The van der Waals surface area contributed by atoms with Crippen LogP contribution in [0.2, 0.25) is 0 Å². The van der Waals surface area contributed by atoms with Crippen LogP contribution in [0.4, 0.5) is 4.39 Å². The fourth-order valence-electron chi connectivity index (χ4n) is 0.0945. The van der Waals surface area contributed by atoms with Crippen molar-refractivity contribution >= 4 is 11.6 Å². The van der Waals surface area contributed by atoms with Crippen molar-refractivity contribution in [1.82, 2.24) is 0 Å². The van der Waals surface area contributed by atoms with Crippen molar-refractivity contribution in [2.24, 2.45) is 0 Å². The summed E-state index contributed by atoms with van der Waals surface area (Å²) in [4.78, 5) is 0. The molecule has 0 atom stereocenters. The van der Waals surface area contributed by atoms with E-state index in [4.69, 9.17) is 11.6 Å². The second kappa shape index (κ2) is 0.648. The summed E-state index contributed by atoms with van der Waals surface area (Å²) in [5.74, 6) is 0. The lowest BCUT2D eigenvalue weighted by molar-refractivity contribution is 0.428. The van der Waals surface area contributed by atoms with Gasteiger partial charge in [0.15, 0.2) is 5.13 Å². The van der Waals surface area contributed by atoms with Crippen molar-refractivity contribution in [3.63, 3.8) is 0 Å². The Kier molecular flexibility index (Phi) is 0.442. The Morgan fingerprint density at radius 2 is 1.80 bits per heavy atom. The van der Waals surface area contributed by atoms with E-state index in [0.29, 0.717) is 12.8 Å². The van der Waals surface area contributed by atoms with Gasteiger partial charge in [0.25, 0.3) is 0 Å². The van der Waals surface area contributed by atoms with E-state index in [-0.39, 0.29) is 0 Å². The largest absolute Gasteiger partial charge is 0.226 e. The first-order chi connectivity index (χ1) is 2.21. The lowest BCUT2D eigenvalue weighted by Crippen LogP contribution is -1.76. The first kappa shape index (κ1) is 3.41. The molecule has 30 valence electrons. The van der Waals surface area contributed by atoms with Gasteiger partial charge in [-0.3, -0.25) is 0 Å². The first-order valence-corrected chi connectivity index (χ1v) is 1.96. The lowest BCUT2D eigenvalue weighted by atomic mass is 10.9. The molecule has 0 aliphatic heterocycles. The van der Waals surface area contributed by atoms with Crippen molar-refractivity contribution in [2.75, 3.05) is 0 Å². The van der Waals surface area contributed by atoms with Gasteiger partial charge in [0.2, 0.25) is 0 Å². The van der Waals surface area contributed by atoms with E-state index < -0.39 is 5.13 Å². The molecule has 2 heteroatoms. The van der Waals surface area contributed by atoms with E-state index >= 15 is 0 Å². The Bertz CT molecular complexity index is 44.9. The van der Waals surface area contributed by atoms with Gasteiger partial charge in [0, 0.05) is 0 Å². The van der Waals surface area contributed by atoms with E-state index in [1.165, 1.54) is 0 Å². The van der Waals surface area contributed by atoms with E-state index in [1.807, 2.05) is 0 Å². The molecule has 5 heavy (non-hydrogen) atoms. The molecule has 0 saturated heterocycles. The van der Waals surface area contributed by atoms with E-state index in [1.54, 1.807) is 0 Å². The third-order valence-electron chi connectivity index (χ3n) is 0.628. The highest BCUT2D eigenvalue weighted by Gasteiger charge is 2.40. The fraction of sp³-hybridized carbons (Fsp3) is 1.00. The van der Waals surface area contributed by atoms with Crippen LogP contribution in [0.1, 0.15) is 12.8 Å². The van der Waals surface area contributed by atoms with Gasteiger partial charge in [-0.15, -0.1) is 0 Å². The summed E-state index contributed by atoms with van der Waals surface area (Å²) in [5, 5.41) is -1.28. The average Bonchev–Trinajstić information content (AvgIpc) is 1.76. The highest BCUT2D eigenvalue weighted by molar-refractivity contribution is 6.24. The van der Waals surface area contributed by atoms with Gasteiger partial charge in [-0.05, 0) is 12.8 Å². The second-order valence-electron chi connectivity index (χ2n) is 1.36. The van der Waals surface area contributed by atoms with E-state index in [9.17, 15) is 4.39 Å². The van der Waals surface area contributed by atoms with Crippen molar-refractivity contribution < 1.29 is 4.39 Å². The molecular weight excluding hydrogens is 90.5 g/mol. The van der Waals surface area contributed by atoms with Gasteiger partial charge < -0.3 is 0 Å². The molecule has 0 nitrogen and oxygen atoms in total. The highest BCUT2D eigenvalue weighted by atomic mass is 35.5. The van der Waals surface area contributed by atoms with Crippen LogP contribution in [0.25, 0.3) is 0 Å². The molecule has 0 N–H and O–H groups in total. The molecule has 0 aromatic rings. The van der Waals surface area contributed by atoms with Gasteiger partial charge >= 0.3 is 0 Å². The Morgan fingerprint density at radius 1 is 1.60 bits per heavy atom. The number of rotatable bonds is 0. The predicted molar refractivity (Wildman–Crippen MR) is 18.9 cm³/mol. The van der Waals surface area contributed by atoms with Crippen LogP contribution in [-0.4, -0.2) is 5.13 Å². The molecule has 0 bridgehead atoms. The summed E-state index contributed by atoms with van der Waals surface area (Å²) < 4.78 is 11.6. The van der Waals surface area contributed by atoms with Crippen LogP contribution in [0, 0.1) is 0 Å². The van der Waals surface area contributed by atoms with Gasteiger partial charge in [-0.25, -0.2) is 4.39 Å². The molecule has 0 spiro atoms. The minimum atomic E-state index is -1.28. The second-order valence-corrected chi connectivity index (χ2v) is 2.03. The van der Waals surface area contributed by atoms with Crippen molar-refractivity contribution in [1.29, 1.82) is 0 Å². The highest BCUT2D eigenvalue weighted by Crippen LogP contribution is 2.43. The molecule has 1 rings (SSSR count). The molecule has 1 fully saturated rings. The van der Waals surface area contributed by atoms with Crippen molar-refractivity contribution in [2.45, 2.75) is 18.0 Å². The minimum Gasteiger partial charge on any atom is -0.226 e. The van der Waals surface area contributed by atoms with E-state index in [2.05, 4.69) is 0 Å². The topological polar surface area (TPSA) is 0 Å². The molecule has 0 aromatic heterocycles. The van der Waals surface area contributed by atoms with E-state index in [0.717, 1.165) is 0 Å². The van der Waals surface area contributed by atoms with Gasteiger partial charge in [0.05, 0.1) is 0 Å². The number of alkyl halides is 2. The molecule has 0 amide bonds. The predicted octanol–water partition coefficient (Wildman–Crippen LogP) is 1.68. The van der Waals surface area contributed by atoms with Crippen molar-refractivity contribution in [3.05, 3.63) is 0 Å². The maximum Gasteiger partial charge on any atom is 0.184 e. The zero-order valence-corrected chi connectivity index (χ0v) is 3.43. The quantitative estimate of drug-likeness (QED) is 0.401. The first-order valence-electron chi connectivity index (χ1n) is 1.59. The van der Waals surface area contributed by atoms with Crippen LogP contribution in [0.3, 0.4) is 0 Å². The SMILES string of the molecule is FC1(Cl)CC1. The summed E-state index contributed by atoms with van der Waals surface area (Å²) >= 11 is 4.97. The van der Waals surface area contributed by atoms with Gasteiger partial charge in [0.1, 0.15) is 0 Å². The molecule has 0 radical (unpaired) electrons. The zero-order valence-electron chi connectivity index (χ0n) is 2.67. The Balaban J connectivity index is 2.38. The molecule has 1 aliphatic rings. The smallest absolute Gasteiger partial charge is 0.184 e. The summed E-state index contributed by atoms with van der Waals surface area (Å²) in [6, 6.07) is 0. The van der Waals surface area contributed by atoms with Crippen LogP contribution in [0.15, 0.2) is 0 Å². The Labute approximate surface area is 34.9 Å². The molecule has 0 aromatic carbocycles. The van der Waals surface area contributed by atoms with Crippen LogP contribution in [0.5, 0.6) is 0 Å². The normalized spacial score (nSPS) is 30.0. The third-order valence-corrected chi connectivity index (χ3v) is 1.01. The molecule has 1 saturated carbocycles. The Hall–Kier alpha value is 0.220. The Morgan fingerprint density at radius 3 is 1.80 bits per heavy atom. The summed E-state index contributed by atoms with van der Waals surface area (Å²) in [6.45, 7) is 0. The number of halogens is 2. The summed E-state index contributed by atoms with van der Waals surface area (Å²) in [5.41, 5.74) is 0. The summed E-state index contributed by atoms with van der Waals surface area (Å²) in [6.07, 6.45) is 1.10. The molecule has 1 aliphatic carbocycles. The number of hydrogen-bond acceptors (Lipinski definition) is 0. The average molecular weight is 94.5 g/mol. The van der Waals surface area contributed by atoms with Crippen LogP contribution < -0.4 is 0 Å². The minimum absolute atomic E-state index is 0.550. The maximum absolute atomic E-state index is 11.6. The van der Waals surface area contributed by atoms with Crippen LogP contribution >= 0.6 is 11.6 Å². The number of hydrogen-bond donors (Lipinski definition) is 0. The summed E-state index contributed by atoms with van der Waals surface area (Å²) in [7, 11) is 0. The molecule has 0 heterocycles. The standard InChI is InChI=1S/C3H4ClF/c4-3(5)1-2-3/h1-2H2. The molecule has 0 unspecified atom stereocenters. The third kappa shape index (κ3) is 0.763. The van der Waals surface area contributed by atoms with Gasteiger partial charge in [-0.2, -0.15) is 0 Å². The zero-order chi connectivity index (χ0) is 3.91. The monoisotopic (exact) mass is 94.0 g/mol.